The van der Waals surface area contributed by atoms with E-state index in [1.165, 1.54) is 5.56 Å². The van der Waals surface area contributed by atoms with Crippen molar-refractivity contribution < 1.29 is 4.79 Å². The first-order valence-electron chi connectivity index (χ1n) is 8.93. The standard InChI is InChI=1S/C22H24N4O/c1-22(2,3)16-7-9-17(10-8-16)26-19-11-12-20(24-15-19)21(27)25-14-18-6-4-5-13-23-18/h4-13,15,26H,14H2,1-3H3,(H,25,27). The second kappa shape index (κ2) is 7.99. The van der Waals surface area contributed by atoms with Crippen molar-refractivity contribution in [2.75, 3.05) is 5.32 Å². The van der Waals surface area contributed by atoms with Crippen molar-refractivity contribution in [2.24, 2.45) is 0 Å². The molecule has 5 heteroatoms. The number of carbonyl (C=O) groups excluding carboxylic acids is 1. The molecule has 0 aliphatic heterocycles. The molecule has 0 atom stereocenters. The van der Waals surface area contributed by atoms with Gasteiger partial charge in [0.1, 0.15) is 5.69 Å². The number of carbonyl (C=O) groups is 1. The number of anilines is 2. The Balaban J connectivity index is 1.59. The van der Waals surface area contributed by atoms with Crippen molar-refractivity contribution in [3.8, 4) is 0 Å². The van der Waals surface area contributed by atoms with Gasteiger partial charge in [0, 0.05) is 11.9 Å². The van der Waals surface area contributed by atoms with Gasteiger partial charge in [-0.2, -0.15) is 0 Å². The van der Waals surface area contributed by atoms with E-state index in [-0.39, 0.29) is 11.3 Å². The van der Waals surface area contributed by atoms with Gasteiger partial charge in [-0.1, -0.05) is 39.0 Å². The molecule has 1 amide bonds. The monoisotopic (exact) mass is 360 g/mol. The molecule has 27 heavy (non-hydrogen) atoms. The zero-order valence-electron chi connectivity index (χ0n) is 15.9. The molecule has 138 valence electrons. The number of hydrogen-bond donors (Lipinski definition) is 2. The molecule has 0 bridgehead atoms. The van der Waals surface area contributed by atoms with Gasteiger partial charge in [0.2, 0.25) is 0 Å². The van der Waals surface area contributed by atoms with E-state index >= 15 is 0 Å². The zero-order valence-corrected chi connectivity index (χ0v) is 15.9. The van der Waals surface area contributed by atoms with E-state index < -0.39 is 0 Å². The molecule has 0 spiro atoms. The predicted octanol–water partition coefficient (Wildman–Crippen LogP) is 4.45. The summed E-state index contributed by atoms with van der Waals surface area (Å²) in [6.45, 7) is 6.95. The largest absolute Gasteiger partial charge is 0.354 e. The molecule has 1 aromatic carbocycles. The molecule has 0 saturated carbocycles. The number of nitrogens with one attached hydrogen (secondary N) is 2. The van der Waals surface area contributed by atoms with E-state index in [2.05, 4.69) is 53.5 Å². The van der Waals surface area contributed by atoms with Crippen molar-refractivity contribution in [1.29, 1.82) is 0 Å². The first kappa shape index (κ1) is 18.6. The Hall–Kier alpha value is -3.21. The van der Waals surface area contributed by atoms with Crippen LogP contribution in [0, 0.1) is 0 Å². The fourth-order valence-corrected chi connectivity index (χ4v) is 2.59. The summed E-state index contributed by atoms with van der Waals surface area (Å²) >= 11 is 0. The molecule has 2 heterocycles. The lowest BCUT2D eigenvalue weighted by molar-refractivity contribution is 0.0945. The highest BCUT2D eigenvalue weighted by molar-refractivity contribution is 5.92. The van der Waals surface area contributed by atoms with Crippen molar-refractivity contribution >= 4 is 17.3 Å². The van der Waals surface area contributed by atoms with Crippen molar-refractivity contribution in [1.82, 2.24) is 15.3 Å². The highest BCUT2D eigenvalue weighted by Gasteiger charge is 2.13. The predicted molar refractivity (Wildman–Crippen MR) is 108 cm³/mol. The molecule has 2 N–H and O–H groups in total. The van der Waals surface area contributed by atoms with Gasteiger partial charge in [-0.15, -0.1) is 0 Å². The first-order valence-corrected chi connectivity index (χ1v) is 8.93. The van der Waals surface area contributed by atoms with Gasteiger partial charge in [0.25, 0.3) is 5.91 Å². The molecule has 0 fully saturated rings. The van der Waals surface area contributed by atoms with Crippen LogP contribution in [-0.4, -0.2) is 15.9 Å². The number of amides is 1. The lowest BCUT2D eigenvalue weighted by Crippen LogP contribution is -2.24. The van der Waals surface area contributed by atoms with Crippen LogP contribution in [-0.2, 0) is 12.0 Å². The Morgan fingerprint density at radius 3 is 2.26 bits per heavy atom. The number of pyridine rings is 2. The normalized spacial score (nSPS) is 11.1. The fourth-order valence-electron chi connectivity index (χ4n) is 2.59. The number of rotatable bonds is 5. The summed E-state index contributed by atoms with van der Waals surface area (Å²) in [5, 5.41) is 6.12. The minimum Gasteiger partial charge on any atom is -0.354 e. The quantitative estimate of drug-likeness (QED) is 0.705. The van der Waals surface area contributed by atoms with Gasteiger partial charge in [-0.3, -0.25) is 9.78 Å². The Morgan fingerprint density at radius 1 is 0.926 bits per heavy atom. The maximum absolute atomic E-state index is 12.2. The first-order chi connectivity index (χ1) is 12.9. The summed E-state index contributed by atoms with van der Waals surface area (Å²) < 4.78 is 0. The van der Waals surface area contributed by atoms with Crippen LogP contribution in [0.3, 0.4) is 0 Å². The third kappa shape index (κ3) is 5.14. The van der Waals surface area contributed by atoms with Gasteiger partial charge in [-0.25, -0.2) is 4.98 Å². The smallest absolute Gasteiger partial charge is 0.270 e. The fraction of sp³-hybridized carbons (Fsp3) is 0.227. The summed E-state index contributed by atoms with van der Waals surface area (Å²) in [6, 6.07) is 17.5. The van der Waals surface area contributed by atoms with Crippen LogP contribution in [0.25, 0.3) is 0 Å². The Bertz CT molecular complexity index is 882. The van der Waals surface area contributed by atoms with Crippen LogP contribution < -0.4 is 10.6 Å². The SMILES string of the molecule is CC(C)(C)c1ccc(Nc2ccc(C(=O)NCc3ccccn3)nc2)cc1. The molecule has 0 aliphatic carbocycles. The van der Waals surface area contributed by atoms with Crippen LogP contribution in [0.2, 0.25) is 0 Å². The van der Waals surface area contributed by atoms with Gasteiger partial charge in [0.15, 0.2) is 0 Å². The maximum Gasteiger partial charge on any atom is 0.270 e. The van der Waals surface area contributed by atoms with Gasteiger partial charge in [0.05, 0.1) is 24.1 Å². The average Bonchev–Trinajstić information content (AvgIpc) is 2.67. The second-order valence-electron chi connectivity index (χ2n) is 7.39. The number of hydrogen-bond acceptors (Lipinski definition) is 4. The third-order valence-electron chi connectivity index (χ3n) is 4.19. The highest BCUT2D eigenvalue weighted by atomic mass is 16.1. The van der Waals surface area contributed by atoms with Crippen molar-refractivity contribution in [3.05, 3.63) is 83.9 Å². The highest BCUT2D eigenvalue weighted by Crippen LogP contribution is 2.24. The molecule has 0 saturated heterocycles. The Labute approximate surface area is 159 Å². The Kier molecular flexibility index (Phi) is 5.50. The molecule has 2 aromatic heterocycles. The molecule has 0 aliphatic rings. The summed E-state index contributed by atoms with van der Waals surface area (Å²) in [5.74, 6) is -0.221. The topological polar surface area (TPSA) is 66.9 Å². The summed E-state index contributed by atoms with van der Waals surface area (Å²) in [6.07, 6.45) is 3.36. The van der Waals surface area contributed by atoms with Gasteiger partial charge >= 0.3 is 0 Å². The van der Waals surface area contributed by atoms with Gasteiger partial charge < -0.3 is 10.6 Å². The summed E-state index contributed by atoms with van der Waals surface area (Å²) in [5.41, 5.74) is 4.41. The molecule has 3 aromatic rings. The lowest BCUT2D eigenvalue weighted by atomic mass is 9.87. The van der Waals surface area contributed by atoms with E-state index in [9.17, 15) is 4.79 Å². The van der Waals surface area contributed by atoms with Crippen LogP contribution in [0.4, 0.5) is 11.4 Å². The molecule has 0 unspecified atom stereocenters. The van der Waals surface area contributed by atoms with E-state index in [1.807, 2.05) is 36.4 Å². The van der Waals surface area contributed by atoms with E-state index in [1.54, 1.807) is 18.5 Å². The average molecular weight is 360 g/mol. The number of aromatic nitrogens is 2. The minimum absolute atomic E-state index is 0.129. The molecule has 0 radical (unpaired) electrons. The maximum atomic E-state index is 12.2. The van der Waals surface area contributed by atoms with E-state index in [0.29, 0.717) is 12.2 Å². The summed E-state index contributed by atoms with van der Waals surface area (Å²) in [4.78, 5) is 20.6. The second-order valence-corrected chi connectivity index (χ2v) is 7.39. The van der Waals surface area contributed by atoms with E-state index in [4.69, 9.17) is 0 Å². The van der Waals surface area contributed by atoms with Gasteiger partial charge in [-0.05, 0) is 47.4 Å². The molecule has 5 nitrogen and oxygen atoms in total. The number of nitrogens with zero attached hydrogens (tertiary/aromatic N) is 2. The third-order valence-corrected chi connectivity index (χ3v) is 4.19. The molecule has 3 rings (SSSR count). The minimum atomic E-state index is -0.221. The lowest BCUT2D eigenvalue weighted by Gasteiger charge is -2.19. The van der Waals surface area contributed by atoms with Crippen LogP contribution in [0.15, 0.2) is 67.0 Å². The Morgan fingerprint density at radius 2 is 1.67 bits per heavy atom. The molecular formula is C22H24N4O. The van der Waals surface area contributed by atoms with Crippen LogP contribution >= 0.6 is 0 Å². The zero-order chi connectivity index (χ0) is 19.3. The van der Waals surface area contributed by atoms with Crippen molar-refractivity contribution in [2.45, 2.75) is 32.7 Å². The van der Waals surface area contributed by atoms with Crippen molar-refractivity contribution in [3.63, 3.8) is 0 Å². The van der Waals surface area contributed by atoms with E-state index in [0.717, 1.165) is 17.1 Å². The number of benzene rings is 1. The summed E-state index contributed by atoms with van der Waals surface area (Å²) in [7, 11) is 0. The van der Waals surface area contributed by atoms with Crippen LogP contribution in [0.1, 0.15) is 42.5 Å². The van der Waals surface area contributed by atoms with Crippen LogP contribution in [0.5, 0.6) is 0 Å². The molecular weight excluding hydrogens is 336 g/mol.